The van der Waals surface area contributed by atoms with Gasteiger partial charge in [0.1, 0.15) is 6.04 Å². The summed E-state index contributed by atoms with van der Waals surface area (Å²) >= 11 is 0. The molecule has 1 amide bonds. The number of hydrogen-bond donors (Lipinski definition) is 1. The van der Waals surface area contributed by atoms with E-state index in [1.807, 2.05) is 24.3 Å². The normalized spacial score (nSPS) is 18.9. The van der Waals surface area contributed by atoms with Crippen molar-refractivity contribution >= 4 is 23.0 Å². The molecule has 0 saturated heterocycles. The van der Waals surface area contributed by atoms with Gasteiger partial charge in [-0.2, -0.15) is 0 Å². The topological polar surface area (TPSA) is 96.5 Å². The minimum atomic E-state index is -1.00. The van der Waals surface area contributed by atoms with E-state index in [0.29, 0.717) is 34.7 Å². The molecule has 1 aliphatic heterocycles. The highest BCUT2D eigenvalue weighted by molar-refractivity contribution is 6.07. The standard InChI is InChI=1S/C21H19N3O4/c1-11-18-15(9-16(12-6-7-12)22-19(18)28-23-11)20(25)24-10-14-5-3-2-4-13(14)8-17(24)21(26)27/h2-5,9,12,17H,6-8,10H2,1H3,(H,26,27). The Kier molecular flexibility index (Phi) is 3.72. The largest absolute Gasteiger partial charge is 0.480 e. The number of pyridine rings is 1. The van der Waals surface area contributed by atoms with E-state index in [9.17, 15) is 14.7 Å². The molecule has 1 fully saturated rings. The van der Waals surface area contributed by atoms with Crippen molar-refractivity contribution in [2.45, 2.75) is 44.7 Å². The number of rotatable bonds is 3. The number of aliphatic carboxylic acids is 1. The molecule has 28 heavy (non-hydrogen) atoms. The van der Waals surface area contributed by atoms with E-state index in [2.05, 4.69) is 10.1 Å². The molecular weight excluding hydrogens is 358 g/mol. The zero-order valence-electron chi connectivity index (χ0n) is 15.4. The lowest BCUT2D eigenvalue weighted by molar-refractivity contribution is -0.142. The van der Waals surface area contributed by atoms with Crippen molar-refractivity contribution in [1.82, 2.24) is 15.0 Å². The molecular formula is C21H19N3O4. The quantitative estimate of drug-likeness (QED) is 0.753. The molecule has 0 spiro atoms. The van der Waals surface area contributed by atoms with Crippen molar-refractivity contribution in [3.8, 4) is 0 Å². The molecule has 142 valence electrons. The molecule has 3 aromatic rings. The van der Waals surface area contributed by atoms with Crippen LogP contribution in [-0.2, 0) is 17.8 Å². The Morgan fingerprint density at radius 3 is 2.68 bits per heavy atom. The first-order valence-electron chi connectivity index (χ1n) is 9.40. The molecule has 7 nitrogen and oxygen atoms in total. The zero-order chi connectivity index (χ0) is 19.4. The molecule has 0 bridgehead atoms. The summed E-state index contributed by atoms with van der Waals surface area (Å²) in [7, 11) is 0. The number of carbonyl (C=O) groups excluding carboxylic acids is 1. The van der Waals surface area contributed by atoms with Crippen LogP contribution in [0.5, 0.6) is 0 Å². The average molecular weight is 377 g/mol. The van der Waals surface area contributed by atoms with Crippen LogP contribution in [0.1, 0.15) is 51.6 Å². The van der Waals surface area contributed by atoms with Crippen molar-refractivity contribution in [1.29, 1.82) is 0 Å². The lowest BCUT2D eigenvalue weighted by Crippen LogP contribution is -2.48. The fraction of sp³-hybridized carbons (Fsp3) is 0.333. The maximum Gasteiger partial charge on any atom is 0.326 e. The third-order valence-electron chi connectivity index (χ3n) is 5.66. The molecule has 1 aromatic carbocycles. The van der Waals surface area contributed by atoms with Gasteiger partial charge in [-0.3, -0.25) is 4.79 Å². The summed E-state index contributed by atoms with van der Waals surface area (Å²) < 4.78 is 5.33. The highest BCUT2D eigenvalue weighted by Crippen LogP contribution is 2.41. The summed E-state index contributed by atoms with van der Waals surface area (Å²) in [5.41, 5.74) is 4.11. The van der Waals surface area contributed by atoms with E-state index in [1.54, 1.807) is 13.0 Å². The fourth-order valence-electron chi connectivity index (χ4n) is 3.98. The number of nitrogens with zero attached hydrogens (tertiary/aromatic N) is 3. The van der Waals surface area contributed by atoms with Crippen LogP contribution in [-0.4, -0.2) is 38.1 Å². The van der Waals surface area contributed by atoms with Gasteiger partial charge in [0.05, 0.1) is 16.6 Å². The molecule has 1 N–H and O–H groups in total. The minimum absolute atomic E-state index is 0.263. The van der Waals surface area contributed by atoms with Gasteiger partial charge in [0, 0.05) is 24.6 Å². The number of carbonyl (C=O) groups is 2. The predicted octanol–water partition coefficient (Wildman–Crippen LogP) is 3.06. The van der Waals surface area contributed by atoms with Crippen molar-refractivity contribution in [3.63, 3.8) is 0 Å². The van der Waals surface area contributed by atoms with Crippen molar-refractivity contribution in [3.05, 3.63) is 58.4 Å². The molecule has 1 unspecified atom stereocenters. The van der Waals surface area contributed by atoms with E-state index in [0.717, 1.165) is 29.7 Å². The monoisotopic (exact) mass is 377 g/mol. The van der Waals surface area contributed by atoms with Crippen LogP contribution >= 0.6 is 0 Å². The summed E-state index contributed by atoms with van der Waals surface area (Å²) in [6.45, 7) is 2.03. The van der Waals surface area contributed by atoms with E-state index in [4.69, 9.17) is 4.52 Å². The van der Waals surface area contributed by atoms with Crippen LogP contribution in [0.15, 0.2) is 34.9 Å². The SMILES string of the molecule is Cc1noc2nc(C3CC3)cc(C(=O)N3Cc4ccccc4CC3C(=O)O)c12. The number of hydrogen-bond acceptors (Lipinski definition) is 5. The van der Waals surface area contributed by atoms with Gasteiger partial charge in [-0.15, -0.1) is 0 Å². The number of aryl methyl sites for hydroxylation is 1. The molecule has 1 aliphatic carbocycles. The zero-order valence-corrected chi connectivity index (χ0v) is 15.4. The number of benzene rings is 1. The predicted molar refractivity (Wildman–Crippen MR) is 100.0 cm³/mol. The van der Waals surface area contributed by atoms with E-state index in [-0.39, 0.29) is 12.5 Å². The lowest BCUT2D eigenvalue weighted by Gasteiger charge is -2.34. The third-order valence-corrected chi connectivity index (χ3v) is 5.66. The Labute approximate surface area is 161 Å². The summed E-state index contributed by atoms with van der Waals surface area (Å²) in [6, 6.07) is 8.55. The Hall–Kier alpha value is -3.22. The van der Waals surface area contributed by atoms with Gasteiger partial charge in [0.2, 0.25) is 0 Å². The summed E-state index contributed by atoms with van der Waals surface area (Å²) in [4.78, 5) is 31.5. The van der Waals surface area contributed by atoms with Gasteiger partial charge in [-0.1, -0.05) is 29.4 Å². The molecule has 2 aliphatic rings. The van der Waals surface area contributed by atoms with E-state index in [1.165, 1.54) is 4.90 Å². The van der Waals surface area contributed by atoms with Crippen LogP contribution in [0.25, 0.3) is 11.1 Å². The molecule has 7 heteroatoms. The molecule has 2 aromatic heterocycles. The Balaban J connectivity index is 1.62. The Morgan fingerprint density at radius 1 is 1.21 bits per heavy atom. The van der Waals surface area contributed by atoms with Gasteiger partial charge in [-0.05, 0) is 37.0 Å². The van der Waals surface area contributed by atoms with Crippen molar-refractivity contribution < 1.29 is 19.2 Å². The second kappa shape index (κ2) is 6.15. The smallest absolute Gasteiger partial charge is 0.326 e. The second-order valence-corrected chi connectivity index (χ2v) is 7.58. The van der Waals surface area contributed by atoms with E-state index < -0.39 is 12.0 Å². The van der Waals surface area contributed by atoms with Crippen molar-refractivity contribution in [2.75, 3.05) is 0 Å². The van der Waals surface area contributed by atoms with E-state index >= 15 is 0 Å². The minimum Gasteiger partial charge on any atom is -0.480 e. The first kappa shape index (κ1) is 16.9. The van der Waals surface area contributed by atoms with Gasteiger partial charge < -0.3 is 14.5 Å². The summed E-state index contributed by atoms with van der Waals surface area (Å²) in [6.07, 6.45) is 2.37. The highest BCUT2D eigenvalue weighted by atomic mass is 16.5. The molecule has 1 saturated carbocycles. The molecule has 5 rings (SSSR count). The average Bonchev–Trinajstić information content (AvgIpc) is 3.49. The van der Waals surface area contributed by atoms with Crippen LogP contribution in [0.3, 0.4) is 0 Å². The lowest BCUT2D eigenvalue weighted by atomic mass is 9.93. The third kappa shape index (κ3) is 2.66. The van der Waals surface area contributed by atoms with Gasteiger partial charge >= 0.3 is 5.97 Å². The number of amides is 1. The van der Waals surface area contributed by atoms with Gasteiger partial charge in [0.15, 0.2) is 0 Å². The summed E-state index contributed by atoms with van der Waals surface area (Å²) in [5, 5.41) is 14.3. The number of carboxylic acids is 1. The second-order valence-electron chi connectivity index (χ2n) is 7.58. The molecule has 1 atom stereocenters. The van der Waals surface area contributed by atoms with Crippen LogP contribution in [0.4, 0.5) is 0 Å². The number of fused-ring (bicyclic) bond motifs is 2. The van der Waals surface area contributed by atoms with Crippen molar-refractivity contribution in [2.24, 2.45) is 0 Å². The Morgan fingerprint density at radius 2 is 1.96 bits per heavy atom. The number of aromatic nitrogens is 2. The first-order valence-corrected chi connectivity index (χ1v) is 9.40. The fourth-order valence-corrected chi connectivity index (χ4v) is 3.98. The maximum atomic E-state index is 13.5. The van der Waals surface area contributed by atoms with Crippen LogP contribution in [0, 0.1) is 6.92 Å². The maximum absolute atomic E-state index is 13.5. The summed E-state index contributed by atoms with van der Waals surface area (Å²) in [5.74, 6) is -0.987. The van der Waals surface area contributed by atoms with Crippen LogP contribution in [0.2, 0.25) is 0 Å². The van der Waals surface area contributed by atoms with Crippen LogP contribution < -0.4 is 0 Å². The Bertz CT molecular complexity index is 1120. The highest BCUT2D eigenvalue weighted by Gasteiger charge is 2.37. The first-order chi connectivity index (χ1) is 13.5. The molecule has 3 heterocycles. The molecule has 0 radical (unpaired) electrons. The van der Waals surface area contributed by atoms with Gasteiger partial charge in [0.25, 0.3) is 11.6 Å². The number of carboxylic acid groups (broad SMARTS) is 1. The van der Waals surface area contributed by atoms with Gasteiger partial charge in [-0.25, -0.2) is 9.78 Å².